The third kappa shape index (κ3) is 8.37. The van der Waals surface area contributed by atoms with Crippen molar-refractivity contribution in [2.24, 2.45) is 0 Å². The number of aryl methyl sites for hydroxylation is 1. The number of nitrogens with one attached hydrogen (secondary N) is 1. The van der Waals surface area contributed by atoms with Gasteiger partial charge in [-0.05, 0) is 83.5 Å². The number of amides is 1. The summed E-state index contributed by atoms with van der Waals surface area (Å²) in [5.41, 5.74) is 4.90. The van der Waals surface area contributed by atoms with Gasteiger partial charge in [0.2, 0.25) is 5.88 Å². The summed E-state index contributed by atoms with van der Waals surface area (Å²) < 4.78 is 5.76. The van der Waals surface area contributed by atoms with Crippen molar-refractivity contribution in [1.82, 2.24) is 10.3 Å². The van der Waals surface area contributed by atoms with Gasteiger partial charge in [-0.3, -0.25) is 4.79 Å². The van der Waals surface area contributed by atoms with Crippen LogP contribution in [-0.2, 0) is 4.79 Å². The van der Waals surface area contributed by atoms with Gasteiger partial charge in [0.15, 0.2) is 0 Å². The van der Waals surface area contributed by atoms with Crippen molar-refractivity contribution in [3.8, 4) is 22.8 Å². The van der Waals surface area contributed by atoms with Crippen molar-refractivity contribution < 1.29 is 19.4 Å². The molecule has 0 saturated heterocycles. The fourth-order valence-electron chi connectivity index (χ4n) is 4.04. The molecule has 0 fully saturated rings. The van der Waals surface area contributed by atoms with Gasteiger partial charge in [-0.1, -0.05) is 60.7 Å². The number of aromatic nitrogens is 1. The molecule has 2 N–H and O–H groups in total. The van der Waals surface area contributed by atoms with Crippen molar-refractivity contribution in [2.75, 3.05) is 12.0 Å². The quantitative estimate of drug-likeness (QED) is 0.215. The summed E-state index contributed by atoms with van der Waals surface area (Å²) in [5, 5.41) is 12.3. The number of carbonyl (C=O) groups excluding carboxylic acids is 1. The zero-order chi connectivity index (χ0) is 27.6. The summed E-state index contributed by atoms with van der Waals surface area (Å²) in [6.07, 6.45) is 7.90. The maximum absolute atomic E-state index is 13.3. The van der Waals surface area contributed by atoms with Crippen molar-refractivity contribution in [3.63, 3.8) is 0 Å². The molecule has 1 amide bonds. The third-order valence-corrected chi connectivity index (χ3v) is 6.77. The van der Waals surface area contributed by atoms with Crippen LogP contribution < -0.4 is 10.1 Å². The Morgan fingerprint density at radius 1 is 0.950 bits per heavy atom. The number of hydrogen-bond acceptors (Lipinski definition) is 5. The van der Waals surface area contributed by atoms with E-state index in [1.807, 2.05) is 104 Å². The number of thioether (sulfide) groups is 1. The average molecular weight is 547 g/mol. The summed E-state index contributed by atoms with van der Waals surface area (Å²) in [6.45, 7) is 1.99. The maximum atomic E-state index is 13.3. The van der Waals surface area contributed by atoms with Crippen LogP contribution in [0.3, 0.4) is 0 Å². The topological polar surface area (TPSA) is 88.5 Å². The molecule has 0 bridgehead atoms. The van der Waals surface area contributed by atoms with E-state index in [-0.39, 0.29) is 18.9 Å². The fraction of sp³-hybridized carbons (Fsp3) is 0.156. The summed E-state index contributed by atoms with van der Waals surface area (Å²) >= 11 is 1.55. The molecule has 0 saturated carbocycles. The Labute approximate surface area is 251 Å². The van der Waals surface area contributed by atoms with Gasteiger partial charge in [-0.15, -0.1) is 0 Å². The van der Waals surface area contributed by atoms with Gasteiger partial charge in [0, 0.05) is 17.8 Å². The van der Waals surface area contributed by atoms with Crippen molar-refractivity contribution in [1.29, 1.82) is 0 Å². The summed E-state index contributed by atoms with van der Waals surface area (Å²) in [4.78, 5) is 29.4. The molecule has 4 rings (SSSR count). The average Bonchev–Trinajstić information content (AvgIpc) is 2.95. The van der Waals surface area contributed by atoms with E-state index >= 15 is 0 Å². The zero-order valence-electron chi connectivity index (χ0n) is 21.8. The zero-order valence-corrected chi connectivity index (χ0v) is 22.7. The molecule has 1 aromatic heterocycles. The van der Waals surface area contributed by atoms with Crippen LogP contribution in [-0.4, -0.2) is 58.9 Å². The van der Waals surface area contributed by atoms with Crippen LogP contribution in [0.1, 0.15) is 33.5 Å². The Morgan fingerprint density at radius 3 is 2.33 bits per heavy atom. The van der Waals surface area contributed by atoms with Crippen LogP contribution >= 0.6 is 11.8 Å². The second-order valence-corrected chi connectivity index (χ2v) is 9.93. The molecule has 0 spiro atoms. The summed E-state index contributed by atoms with van der Waals surface area (Å²) in [7, 11) is 0. The van der Waals surface area contributed by atoms with E-state index in [9.17, 15) is 14.7 Å². The minimum atomic E-state index is -1.04. The number of nitrogens with zero attached hydrogens (tertiary/aromatic N) is 1. The van der Waals surface area contributed by atoms with Crippen LogP contribution in [0.2, 0.25) is 0 Å². The van der Waals surface area contributed by atoms with Gasteiger partial charge in [-0.2, -0.15) is 11.8 Å². The number of aliphatic carboxylic acids is 1. The van der Waals surface area contributed by atoms with E-state index in [1.165, 1.54) is 0 Å². The van der Waals surface area contributed by atoms with E-state index < -0.39 is 17.9 Å². The third-order valence-electron chi connectivity index (χ3n) is 6.13. The first kappa shape index (κ1) is 30.8. The number of pyridine rings is 1. The van der Waals surface area contributed by atoms with Gasteiger partial charge < -0.3 is 15.2 Å². The predicted molar refractivity (Wildman–Crippen MR) is 165 cm³/mol. The molecule has 40 heavy (non-hydrogen) atoms. The standard InChI is InChI=1S/C32H30N2O4S.Li.H/c1-22-8-6-7-11-26(22)28-20-23(14-16-27(28)31(35)34-29(32(36)37)18-19-39-2)12-13-24-15-17-30(33-21-24)38-25-9-4-3-5-10-25;;/h3-17,20-21,29H,18-19H2,1-2H3,(H,34,35)(H,36,37);;/t29-;;/m0../s1. The summed E-state index contributed by atoms with van der Waals surface area (Å²) in [6, 6.07) is 25.7. The van der Waals surface area contributed by atoms with Gasteiger partial charge in [-0.25, -0.2) is 9.78 Å². The van der Waals surface area contributed by atoms with E-state index in [1.54, 1.807) is 24.0 Å². The van der Waals surface area contributed by atoms with Gasteiger partial charge in [0.25, 0.3) is 5.91 Å². The number of para-hydroxylation sites is 1. The van der Waals surface area contributed by atoms with Gasteiger partial charge in [0.05, 0.1) is 0 Å². The van der Waals surface area contributed by atoms with Crippen LogP contribution in [0.25, 0.3) is 23.3 Å². The Balaban J connectivity index is 0.00000441. The number of hydrogen-bond donors (Lipinski definition) is 2. The molecule has 3 aromatic carbocycles. The van der Waals surface area contributed by atoms with Crippen molar-refractivity contribution in [2.45, 2.75) is 19.4 Å². The predicted octanol–water partition coefficient (Wildman–Crippen LogP) is 6.31. The molecule has 0 aliphatic rings. The number of rotatable bonds is 11. The molecule has 200 valence electrons. The van der Waals surface area contributed by atoms with E-state index in [0.717, 1.165) is 33.6 Å². The molecule has 0 aliphatic heterocycles. The van der Waals surface area contributed by atoms with Crippen LogP contribution in [0.5, 0.6) is 11.6 Å². The van der Waals surface area contributed by atoms with Crippen molar-refractivity contribution in [3.05, 3.63) is 113 Å². The van der Waals surface area contributed by atoms with Crippen LogP contribution in [0.15, 0.2) is 91.1 Å². The number of carboxylic acids is 1. The van der Waals surface area contributed by atoms with Crippen LogP contribution in [0.4, 0.5) is 0 Å². The molecule has 0 aliphatic carbocycles. The number of carbonyl (C=O) groups is 2. The second-order valence-electron chi connectivity index (χ2n) is 8.94. The second kappa shape index (κ2) is 15.1. The van der Waals surface area contributed by atoms with Crippen LogP contribution in [0, 0.1) is 6.92 Å². The normalized spacial score (nSPS) is 11.4. The molecular formula is C32H31LiN2O4S. The summed E-state index contributed by atoms with van der Waals surface area (Å²) in [5.74, 6) is 0.423. The fourth-order valence-corrected chi connectivity index (χ4v) is 4.51. The molecule has 0 unspecified atom stereocenters. The molecule has 0 radical (unpaired) electrons. The van der Waals surface area contributed by atoms with E-state index in [4.69, 9.17) is 4.74 Å². The molecule has 6 nitrogen and oxygen atoms in total. The minimum absolute atomic E-state index is 0. The van der Waals surface area contributed by atoms with Crippen molar-refractivity contribution >= 4 is 54.7 Å². The first-order chi connectivity index (χ1) is 18.9. The number of ether oxygens (including phenoxy) is 1. The van der Waals surface area contributed by atoms with E-state index in [2.05, 4.69) is 10.3 Å². The Morgan fingerprint density at radius 2 is 1.65 bits per heavy atom. The Kier molecular flexibility index (Phi) is 11.6. The van der Waals surface area contributed by atoms with Gasteiger partial charge in [0.1, 0.15) is 11.8 Å². The SMILES string of the molecule is CSCC[C@H](NC(=O)c1ccc(C=Cc2ccc(Oc3ccccc3)nc2)cc1-c1ccccc1C)C(=O)O.[LiH]. The number of carboxylic acid groups (broad SMARTS) is 1. The first-order valence-corrected chi connectivity index (χ1v) is 13.9. The molecule has 1 heterocycles. The molecule has 8 heteroatoms. The molecule has 4 aromatic rings. The number of benzene rings is 3. The van der Waals surface area contributed by atoms with Gasteiger partial charge >= 0.3 is 24.8 Å². The Hall–Kier alpha value is -3.76. The molecule has 1 atom stereocenters. The Bertz CT molecular complexity index is 1460. The van der Waals surface area contributed by atoms with E-state index in [0.29, 0.717) is 23.6 Å². The molecular weight excluding hydrogens is 515 g/mol. The monoisotopic (exact) mass is 546 g/mol. The first-order valence-electron chi connectivity index (χ1n) is 12.5.